The maximum Gasteiger partial charge on any atom is 0.378 e. The Hall–Kier alpha value is -3.09. The number of fused-ring (bicyclic) bond motifs is 1. The summed E-state index contributed by atoms with van der Waals surface area (Å²) in [5.41, 5.74) is 2.88. The highest BCUT2D eigenvalue weighted by Crippen LogP contribution is 2.54. The summed E-state index contributed by atoms with van der Waals surface area (Å²) < 4.78 is 123. The van der Waals surface area contributed by atoms with Crippen LogP contribution in [0.15, 0.2) is 58.4 Å². The number of rotatable bonds is 14. The third kappa shape index (κ3) is 6.70. The van der Waals surface area contributed by atoms with Crippen LogP contribution in [0, 0.1) is 0 Å². The number of alkyl halides is 8. The molecule has 0 bridgehead atoms. The van der Waals surface area contributed by atoms with Gasteiger partial charge in [-0.25, -0.2) is 4.79 Å². The van der Waals surface area contributed by atoms with Gasteiger partial charge in [0.05, 0.1) is 18.7 Å². The van der Waals surface area contributed by atoms with Gasteiger partial charge < -0.3 is 9.15 Å². The highest BCUT2D eigenvalue weighted by molar-refractivity contribution is 7.99. The molecule has 224 valence electrons. The number of aryl methyl sites for hydroxylation is 2. The van der Waals surface area contributed by atoms with E-state index < -0.39 is 54.9 Å². The number of carbonyl (C=O) groups excluding carboxylic acids is 1. The van der Waals surface area contributed by atoms with Crippen molar-refractivity contribution in [2.45, 2.75) is 68.1 Å². The summed E-state index contributed by atoms with van der Waals surface area (Å²) in [5.74, 6) is -25.5. The van der Waals surface area contributed by atoms with Crippen LogP contribution in [0.4, 0.5) is 35.1 Å². The number of aromatic nitrogens is 1. The average molecular weight is 610 g/mol. The first-order chi connectivity index (χ1) is 19.1. The molecule has 4 nitrogen and oxygen atoms in total. The van der Waals surface area contributed by atoms with Crippen molar-refractivity contribution >= 4 is 28.7 Å². The Balaban J connectivity index is 1.70. The highest BCUT2D eigenvalue weighted by atomic mass is 32.2. The van der Waals surface area contributed by atoms with Crippen LogP contribution in [0.5, 0.6) is 0 Å². The molecule has 0 amide bonds. The first kappa shape index (κ1) is 32.4. The molecule has 0 fully saturated rings. The van der Waals surface area contributed by atoms with Crippen molar-refractivity contribution in [3.8, 4) is 11.3 Å². The summed E-state index contributed by atoms with van der Waals surface area (Å²) in [4.78, 5) is 15.8. The first-order valence-electron chi connectivity index (χ1n) is 12.6. The zero-order valence-corrected chi connectivity index (χ0v) is 22.9. The zero-order valence-electron chi connectivity index (χ0n) is 22.1. The van der Waals surface area contributed by atoms with Crippen LogP contribution in [0.3, 0.4) is 0 Å². The predicted octanol–water partition coefficient (Wildman–Crippen LogP) is 8.76. The number of hydrogen-bond donors (Lipinski definition) is 0. The molecule has 0 radical (unpaired) electrons. The monoisotopic (exact) mass is 609 g/mol. The molecule has 2 heterocycles. The van der Waals surface area contributed by atoms with E-state index in [1.54, 1.807) is 12.1 Å². The van der Waals surface area contributed by atoms with Gasteiger partial charge in [-0.15, -0.1) is 11.8 Å². The van der Waals surface area contributed by atoms with Crippen molar-refractivity contribution in [1.29, 1.82) is 0 Å². The van der Waals surface area contributed by atoms with E-state index in [1.165, 1.54) is 12.1 Å². The normalized spacial score (nSPS) is 13.0. The fourth-order valence-corrected chi connectivity index (χ4v) is 4.83. The molecule has 3 aromatic rings. The van der Waals surface area contributed by atoms with Crippen LogP contribution in [0.1, 0.15) is 38.1 Å². The molecule has 0 aliphatic heterocycles. The van der Waals surface area contributed by atoms with E-state index in [9.17, 15) is 39.9 Å². The minimum Gasteiger partial charge on any atom is -0.462 e. The SMILES string of the molecule is C=CC(=O)OCCC(F)(F)C(F)(F)C(F)(F)C(F)(F)CCSc1ccc2cc(-c3ccc(CC)nc3CC)oc2c1. The van der Waals surface area contributed by atoms with Crippen molar-refractivity contribution in [2.75, 3.05) is 12.4 Å². The van der Waals surface area contributed by atoms with Crippen LogP contribution in [-0.2, 0) is 22.4 Å². The van der Waals surface area contributed by atoms with E-state index in [1.807, 2.05) is 26.0 Å². The van der Waals surface area contributed by atoms with Gasteiger partial charge in [0.15, 0.2) is 0 Å². The quantitative estimate of drug-likeness (QED) is 0.0792. The minimum absolute atomic E-state index is 0.314. The van der Waals surface area contributed by atoms with Crippen LogP contribution >= 0.6 is 11.8 Å². The molecule has 0 saturated heterocycles. The molecule has 2 aromatic heterocycles. The molecule has 0 saturated carbocycles. The summed E-state index contributed by atoms with van der Waals surface area (Å²) in [6, 6.07) is 10.1. The van der Waals surface area contributed by atoms with Gasteiger partial charge >= 0.3 is 29.7 Å². The molecule has 0 atom stereocenters. The molecule has 0 aliphatic carbocycles. The Morgan fingerprint density at radius 1 is 0.951 bits per heavy atom. The Kier molecular flexibility index (Phi) is 9.82. The highest BCUT2D eigenvalue weighted by Gasteiger charge is 2.79. The van der Waals surface area contributed by atoms with Crippen molar-refractivity contribution in [1.82, 2.24) is 4.98 Å². The van der Waals surface area contributed by atoms with Gasteiger partial charge in [0.25, 0.3) is 0 Å². The third-order valence-electron chi connectivity index (χ3n) is 6.31. The van der Waals surface area contributed by atoms with E-state index in [2.05, 4.69) is 16.3 Å². The second-order valence-corrected chi connectivity index (χ2v) is 10.3. The molecule has 1 aromatic carbocycles. The Bertz CT molecular complexity index is 1390. The van der Waals surface area contributed by atoms with Crippen LogP contribution < -0.4 is 0 Å². The molecule has 0 unspecified atom stereocenters. The number of ether oxygens (including phenoxy) is 1. The van der Waals surface area contributed by atoms with Gasteiger partial charge in [-0.1, -0.05) is 20.4 Å². The summed E-state index contributed by atoms with van der Waals surface area (Å²) in [7, 11) is 0. The minimum atomic E-state index is -6.43. The molecule has 13 heteroatoms. The maximum atomic E-state index is 14.3. The summed E-state index contributed by atoms with van der Waals surface area (Å²) >= 11 is 0.649. The number of furan rings is 1. The van der Waals surface area contributed by atoms with Gasteiger partial charge in [0.2, 0.25) is 0 Å². The van der Waals surface area contributed by atoms with E-state index in [0.29, 0.717) is 45.9 Å². The van der Waals surface area contributed by atoms with E-state index in [4.69, 9.17) is 4.42 Å². The van der Waals surface area contributed by atoms with Crippen LogP contribution in [0.2, 0.25) is 0 Å². The van der Waals surface area contributed by atoms with Crippen molar-refractivity contribution < 1.29 is 49.1 Å². The number of halogens is 8. The number of benzene rings is 1. The van der Waals surface area contributed by atoms with E-state index in [0.717, 1.165) is 23.4 Å². The number of thioether (sulfide) groups is 1. The van der Waals surface area contributed by atoms with Crippen LogP contribution in [-0.4, -0.2) is 47.0 Å². The fraction of sp³-hybridized carbons (Fsp3) is 0.429. The molecular weight excluding hydrogens is 582 g/mol. The van der Waals surface area contributed by atoms with Crippen molar-refractivity contribution in [2.24, 2.45) is 0 Å². The lowest BCUT2D eigenvalue weighted by Crippen LogP contribution is -2.62. The summed E-state index contributed by atoms with van der Waals surface area (Å²) in [6.07, 6.45) is -1.98. The lowest BCUT2D eigenvalue weighted by molar-refractivity contribution is -0.367. The van der Waals surface area contributed by atoms with E-state index >= 15 is 0 Å². The molecule has 0 N–H and O–H groups in total. The molecular formula is C28H27F8NO3S. The lowest BCUT2D eigenvalue weighted by atomic mass is 9.95. The molecule has 3 rings (SSSR count). The van der Waals surface area contributed by atoms with Crippen molar-refractivity contribution in [3.63, 3.8) is 0 Å². The smallest absolute Gasteiger partial charge is 0.378 e. The summed E-state index contributed by atoms with van der Waals surface area (Å²) in [6.45, 7) is 5.47. The second-order valence-electron chi connectivity index (χ2n) is 9.09. The van der Waals surface area contributed by atoms with Gasteiger partial charge in [-0.3, -0.25) is 4.98 Å². The number of carbonyl (C=O) groups is 1. The Labute approximate surface area is 235 Å². The number of esters is 1. The standard InChI is InChI=1S/C28H27F8NO3S/c1-4-18-8-10-20(21(5-2)37-18)23-15-17-7-9-19(16-22(17)40-23)41-14-12-26(31,32)28(35,36)27(33,34)25(29,30)11-13-39-24(38)6-3/h6-10,15-16H,3-5,11-14H2,1-2H3. The maximum absolute atomic E-state index is 14.3. The lowest BCUT2D eigenvalue weighted by Gasteiger charge is -2.36. The van der Waals surface area contributed by atoms with Gasteiger partial charge in [-0.2, -0.15) is 35.1 Å². The average Bonchev–Trinajstić information content (AvgIpc) is 3.35. The van der Waals surface area contributed by atoms with Gasteiger partial charge in [0.1, 0.15) is 11.3 Å². The Morgan fingerprint density at radius 3 is 2.22 bits per heavy atom. The number of hydrogen-bond acceptors (Lipinski definition) is 5. The number of nitrogens with zero attached hydrogens (tertiary/aromatic N) is 1. The predicted molar refractivity (Wildman–Crippen MR) is 139 cm³/mol. The van der Waals surface area contributed by atoms with Crippen molar-refractivity contribution in [3.05, 3.63) is 60.4 Å². The largest absolute Gasteiger partial charge is 0.462 e. The third-order valence-corrected chi connectivity index (χ3v) is 7.31. The fourth-order valence-electron chi connectivity index (χ4n) is 3.88. The second kappa shape index (κ2) is 12.4. The molecule has 41 heavy (non-hydrogen) atoms. The van der Waals surface area contributed by atoms with Gasteiger partial charge in [-0.05, 0) is 49.2 Å². The van der Waals surface area contributed by atoms with Crippen LogP contribution in [0.25, 0.3) is 22.3 Å². The van der Waals surface area contributed by atoms with Gasteiger partial charge in [0, 0.05) is 39.8 Å². The summed E-state index contributed by atoms with van der Waals surface area (Å²) in [5, 5.41) is 0.670. The topological polar surface area (TPSA) is 52.3 Å². The molecule has 0 aliphatic rings. The number of pyridine rings is 1. The first-order valence-corrected chi connectivity index (χ1v) is 13.5. The zero-order chi connectivity index (χ0) is 30.6. The van der Waals surface area contributed by atoms with E-state index in [-0.39, 0.29) is 0 Å². The molecule has 0 spiro atoms. The Morgan fingerprint density at radius 2 is 1.61 bits per heavy atom.